The molecule has 0 spiro atoms. The molecule has 174 valence electrons. The van der Waals surface area contributed by atoms with Gasteiger partial charge in [0, 0.05) is 5.56 Å². The number of nitrogens with zero attached hydrogens (tertiary/aromatic N) is 4. The van der Waals surface area contributed by atoms with Gasteiger partial charge in [0.05, 0.1) is 12.3 Å². The summed E-state index contributed by atoms with van der Waals surface area (Å²) < 4.78 is 20.8. The maximum atomic E-state index is 13.5. The molecule has 34 heavy (non-hydrogen) atoms. The first-order valence-corrected chi connectivity index (χ1v) is 10.5. The number of amides is 1. The lowest BCUT2D eigenvalue weighted by molar-refractivity contribution is -0.143. The number of rotatable bonds is 6. The van der Waals surface area contributed by atoms with E-state index in [0.29, 0.717) is 11.3 Å². The lowest BCUT2D eigenvalue weighted by Crippen LogP contribution is -2.28. The van der Waals surface area contributed by atoms with Gasteiger partial charge in [-0.15, -0.1) is 0 Å². The van der Waals surface area contributed by atoms with Gasteiger partial charge >= 0.3 is 11.7 Å². The van der Waals surface area contributed by atoms with Crippen LogP contribution in [0, 0.1) is 19.7 Å². The van der Waals surface area contributed by atoms with Crippen LogP contribution in [0.4, 0.5) is 4.39 Å². The Balaban J connectivity index is 2.09. The van der Waals surface area contributed by atoms with Crippen LogP contribution < -0.4 is 11.4 Å². The summed E-state index contributed by atoms with van der Waals surface area (Å²) in [6.45, 7) is 5.14. The van der Waals surface area contributed by atoms with Crippen molar-refractivity contribution in [2.45, 2.75) is 27.3 Å². The summed E-state index contributed by atoms with van der Waals surface area (Å²) in [4.78, 5) is 47.0. The zero-order chi connectivity index (χ0) is 24.6. The first-order valence-electron chi connectivity index (χ1n) is 10.5. The molecule has 9 nitrogen and oxygen atoms in total. The minimum Gasteiger partial charge on any atom is -0.465 e. The number of imidazole rings is 1. The Morgan fingerprint density at radius 2 is 1.76 bits per heavy atom. The van der Waals surface area contributed by atoms with Crippen molar-refractivity contribution in [2.75, 3.05) is 6.61 Å². The van der Waals surface area contributed by atoms with Crippen LogP contribution in [0.1, 0.15) is 28.5 Å². The highest BCUT2D eigenvalue weighted by molar-refractivity contribution is 6.02. The van der Waals surface area contributed by atoms with Crippen molar-refractivity contribution in [1.82, 2.24) is 19.1 Å². The highest BCUT2D eigenvalue weighted by atomic mass is 19.1. The minimum absolute atomic E-state index is 0.00893. The quantitative estimate of drug-likeness (QED) is 0.439. The van der Waals surface area contributed by atoms with Gasteiger partial charge in [-0.3, -0.25) is 14.2 Å². The van der Waals surface area contributed by atoms with E-state index in [4.69, 9.17) is 10.5 Å². The summed E-state index contributed by atoms with van der Waals surface area (Å²) in [6.07, 6.45) is 0. The first kappa shape index (κ1) is 22.8. The number of esters is 1. The number of ether oxygens (including phenoxy) is 1. The molecule has 0 bridgehead atoms. The standard InChI is InChI=1S/C24H22FN5O4/c1-4-34-18(31)12-29-20-19(21(26)32)27-22(15-6-8-16(25)9-7-15)28-23(20)30(24(29)33)17-10-5-13(2)14(3)11-17/h5-11H,4,12H2,1-3H3,(H2,26,32). The number of fused-ring (bicyclic) bond motifs is 1. The summed E-state index contributed by atoms with van der Waals surface area (Å²) >= 11 is 0. The van der Waals surface area contributed by atoms with Crippen molar-refractivity contribution in [3.8, 4) is 17.1 Å². The maximum absolute atomic E-state index is 13.5. The molecule has 0 radical (unpaired) electrons. The van der Waals surface area contributed by atoms with E-state index in [2.05, 4.69) is 9.97 Å². The lowest BCUT2D eigenvalue weighted by atomic mass is 10.1. The Hall–Kier alpha value is -4.34. The van der Waals surface area contributed by atoms with Gasteiger partial charge in [-0.2, -0.15) is 0 Å². The molecule has 2 aromatic heterocycles. The molecule has 4 rings (SSSR count). The van der Waals surface area contributed by atoms with E-state index >= 15 is 0 Å². The van der Waals surface area contributed by atoms with Crippen LogP contribution in [0.3, 0.4) is 0 Å². The van der Waals surface area contributed by atoms with Crippen LogP contribution in [0.2, 0.25) is 0 Å². The predicted molar refractivity (Wildman–Crippen MR) is 123 cm³/mol. The van der Waals surface area contributed by atoms with Crippen molar-refractivity contribution >= 4 is 23.0 Å². The molecule has 0 aliphatic heterocycles. The summed E-state index contributed by atoms with van der Waals surface area (Å²) in [7, 11) is 0. The molecule has 0 aliphatic carbocycles. The van der Waals surface area contributed by atoms with Crippen molar-refractivity contribution in [3.05, 3.63) is 75.6 Å². The van der Waals surface area contributed by atoms with E-state index in [1.807, 2.05) is 19.9 Å². The number of carbonyl (C=O) groups is 2. The van der Waals surface area contributed by atoms with Gasteiger partial charge in [0.15, 0.2) is 17.2 Å². The van der Waals surface area contributed by atoms with Gasteiger partial charge in [0.1, 0.15) is 17.9 Å². The zero-order valence-corrected chi connectivity index (χ0v) is 18.8. The third-order valence-electron chi connectivity index (χ3n) is 5.45. The van der Waals surface area contributed by atoms with E-state index in [0.717, 1.165) is 15.7 Å². The average molecular weight is 463 g/mol. The number of aryl methyl sites for hydroxylation is 2. The van der Waals surface area contributed by atoms with E-state index in [-0.39, 0.29) is 29.3 Å². The number of aromatic nitrogens is 4. The molecule has 0 saturated carbocycles. The van der Waals surface area contributed by atoms with Gasteiger partial charge in [-0.25, -0.2) is 23.7 Å². The smallest absolute Gasteiger partial charge is 0.335 e. The Morgan fingerprint density at radius 1 is 1.06 bits per heavy atom. The average Bonchev–Trinajstić information content (AvgIpc) is 3.06. The van der Waals surface area contributed by atoms with Crippen LogP contribution >= 0.6 is 0 Å². The van der Waals surface area contributed by atoms with Crippen molar-refractivity contribution in [2.24, 2.45) is 5.73 Å². The van der Waals surface area contributed by atoms with Crippen LogP contribution in [0.15, 0.2) is 47.3 Å². The number of nitrogens with two attached hydrogens (primary N) is 1. The Bertz CT molecular complexity index is 1490. The Kier molecular flexibility index (Phi) is 5.97. The number of hydrogen-bond donors (Lipinski definition) is 1. The number of benzene rings is 2. The fourth-order valence-electron chi connectivity index (χ4n) is 3.63. The SMILES string of the molecule is CCOC(=O)Cn1c(=O)n(-c2ccc(C)c(C)c2)c2nc(-c3ccc(F)cc3)nc(C(N)=O)c21. The fourth-order valence-corrected chi connectivity index (χ4v) is 3.63. The molecule has 10 heteroatoms. The van der Waals surface area contributed by atoms with E-state index in [1.165, 1.54) is 28.8 Å². The third kappa shape index (κ3) is 4.05. The van der Waals surface area contributed by atoms with Crippen LogP contribution in [0.25, 0.3) is 28.2 Å². The van der Waals surface area contributed by atoms with Gasteiger partial charge in [0.2, 0.25) is 0 Å². The summed E-state index contributed by atoms with van der Waals surface area (Å²) in [5.74, 6) is -1.95. The second-order valence-corrected chi connectivity index (χ2v) is 7.72. The van der Waals surface area contributed by atoms with Crippen molar-refractivity contribution in [1.29, 1.82) is 0 Å². The first-order chi connectivity index (χ1) is 16.2. The second kappa shape index (κ2) is 8.89. The third-order valence-corrected chi connectivity index (χ3v) is 5.45. The number of carbonyl (C=O) groups excluding carboxylic acids is 2. The molecule has 2 heterocycles. The zero-order valence-electron chi connectivity index (χ0n) is 18.8. The van der Waals surface area contributed by atoms with Crippen LogP contribution in [0.5, 0.6) is 0 Å². The number of primary amides is 1. The van der Waals surface area contributed by atoms with Crippen LogP contribution in [-0.4, -0.2) is 37.6 Å². The monoisotopic (exact) mass is 463 g/mol. The molecular formula is C24H22FN5O4. The molecular weight excluding hydrogens is 441 g/mol. The summed E-state index contributed by atoms with van der Waals surface area (Å²) in [6, 6.07) is 10.8. The lowest BCUT2D eigenvalue weighted by Gasteiger charge is -2.08. The van der Waals surface area contributed by atoms with Crippen molar-refractivity contribution < 1.29 is 18.7 Å². The highest BCUT2D eigenvalue weighted by Crippen LogP contribution is 2.24. The molecule has 0 atom stereocenters. The molecule has 0 aliphatic rings. The Labute approximate surface area is 193 Å². The van der Waals surface area contributed by atoms with Crippen molar-refractivity contribution in [3.63, 3.8) is 0 Å². The van der Waals surface area contributed by atoms with E-state index in [9.17, 15) is 18.8 Å². The maximum Gasteiger partial charge on any atom is 0.335 e. The Morgan fingerprint density at radius 3 is 2.38 bits per heavy atom. The molecule has 2 aromatic carbocycles. The van der Waals surface area contributed by atoms with E-state index < -0.39 is 29.9 Å². The molecule has 2 N–H and O–H groups in total. The molecule has 0 saturated heterocycles. The molecule has 4 aromatic rings. The number of hydrogen-bond acceptors (Lipinski definition) is 6. The van der Waals surface area contributed by atoms with Gasteiger partial charge in [-0.1, -0.05) is 6.07 Å². The second-order valence-electron chi connectivity index (χ2n) is 7.72. The largest absolute Gasteiger partial charge is 0.465 e. The van der Waals surface area contributed by atoms with E-state index in [1.54, 1.807) is 19.1 Å². The van der Waals surface area contributed by atoms with Crippen LogP contribution in [-0.2, 0) is 16.1 Å². The van der Waals surface area contributed by atoms with Gasteiger partial charge in [-0.05, 0) is 68.3 Å². The molecule has 1 amide bonds. The topological polar surface area (TPSA) is 122 Å². The summed E-state index contributed by atoms with van der Waals surface area (Å²) in [5, 5.41) is 0. The normalized spacial score (nSPS) is 11.1. The fraction of sp³-hybridized carbons (Fsp3) is 0.208. The van der Waals surface area contributed by atoms with Gasteiger partial charge < -0.3 is 10.5 Å². The highest BCUT2D eigenvalue weighted by Gasteiger charge is 2.26. The number of halogens is 1. The molecule has 0 unspecified atom stereocenters. The molecule has 0 fully saturated rings. The van der Waals surface area contributed by atoms with Gasteiger partial charge in [0.25, 0.3) is 5.91 Å². The minimum atomic E-state index is -0.911. The predicted octanol–water partition coefficient (Wildman–Crippen LogP) is 2.67. The summed E-state index contributed by atoms with van der Waals surface area (Å²) in [5.41, 5.74) is 7.71.